The Morgan fingerprint density at radius 3 is 2.53 bits per heavy atom. The molecule has 1 aliphatic rings. The molecule has 1 fully saturated rings. The molecule has 1 saturated heterocycles. The second kappa shape index (κ2) is 6.44. The molecule has 1 atom stereocenters. The van der Waals surface area contributed by atoms with Crippen molar-refractivity contribution in [2.45, 2.75) is 52.7 Å². The Morgan fingerprint density at radius 1 is 1.37 bits per heavy atom. The van der Waals surface area contributed by atoms with Crippen LogP contribution in [-0.2, 0) is 9.47 Å². The average Bonchev–Trinajstić information content (AvgIpc) is 2.27. The SMILES string of the molecule is CC(C)(CBr)CC1COCCN1C(=O)OC(C)(C)C. The molecule has 4 nitrogen and oxygen atoms in total. The molecule has 0 aromatic heterocycles. The first kappa shape index (κ1) is 16.8. The molecule has 0 N–H and O–H groups in total. The fourth-order valence-electron chi connectivity index (χ4n) is 2.08. The van der Waals surface area contributed by atoms with E-state index in [1.54, 1.807) is 0 Å². The molecule has 1 rings (SSSR count). The zero-order valence-electron chi connectivity index (χ0n) is 12.7. The summed E-state index contributed by atoms with van der Waals surface area (Å²) >= 11 is 3.53. The van der Waals surface area contributed by atoms with Crippen molar-refractivity contribution in [2.24, 2.45) is 5.41 Å². The molecular formula is C14H26BrNO3. The van der Waals surface area contributed by atoms with Crippen LogP contribution in [-0.4, -0.2) is 47.7 Å². The Balaban J connectivity index is 2.70. The Hall–Kier alpha value is -0.290. The van der Waals surface area contributed by atoms with Gasteiger partial charge in [0.2, 0.25) is 0 Å². The lowest BCUT2D eigenvalue weighted by Crippen LogP contribution is -2.51. The molecule has 0 aromatic carbocycles. The maximum Gasteiger partial charge on any atom is 0.410 e. The lowest BCUT2D eigenvalue weighted by atomic mass is 9.87. The van der Waals surface area contributed by atoms with Gasteiger partial charge in [0.25, 0.3) is 0 Å². The monoisotopic (exact) mass is 335 g/mol. The van der Waals surface area contributed by atoms with Gasteiger partial charge in [-0.05, 0) is 32.6 Å². The number of carbonyl (C=O) groups excluding carboxylic acids is 1. The van der Waals surface area contributed by atoms with Gasteiger partial charge in [0, 0.05) is 11.9 Å². The fraction of sp³-hybridized carbons (Fsp3) is 0.929. The third kappa shape index (κ3) is 5.69. The number of halogens is 1. The molecule has 0 radical (unpaired) electrons. The van der Waals surface area contributed by atoms with E-state index < -0.39 is 5.60 Å². The minimum atomic E-state index is -0.453. The van der Waals surface area contributed by atoms with Crippen LogP contribution < -0.4 is 0 Å². The molecule has 1 heterocycles. The van der Waals surface area contributed by atoms with Gasteiger partial charge in [-0.1, -0.05) is 29.8 Å². The number of nitrogens with zero attached hydrogens (tertiary/aromatic N) is 1. The topological polar surface area (TPSA) is 38.8 Å². The normalized spacial score (nSPS) is 21.4. The van der Waals surface area contributed by atoms with Crippen LogP contribution in [0.5, 0.6) is 0 Å². The van der Waals surface area contributed by atoms with Gasteiger partial charge in [0.05, 0.1) is 19.3 Å². The molecule has 5 heteroatoms. The number of carbonyl (C=O) groups is 1. The number of hydrogen-bond acceptors (Lipinski definition) is 3. The first-order chi connectivity index (χ1) is 8.64. The molecular weight excluding hydrogens is 310 g/mol. The van der Waals surface area contributed by atoms with E-state index in [1.807, 2.05) is 25.7 Å². The number of hydrogen-bond donors (Lipinski definition) is 0. The predicted octanol–water partition coefficient (Wildman–Crippen LogP) is 3.43. The lowest BCUT2D eigenvalue weighted by molar-refractivity contribution is -0.0401. The summed E-state index contributed by atoms with van der Waals surface area (Å²) in [4.78, 5) is 14.1. The summed E-state index contributed by atoms with van der Waals surface area (Å²) in [7, 11) is 0. The van der Waals surface area contributed by atoms with Crippen LogP contribution in [0.25, 0.3) is 0 Å². The van der Waals surface area contributed by atoms with Crippen molar-refractivity contribution in [3.05, 3.63) is 0 Å². The van der Waals surface area contributed by atoms with Gasteiger partial charge < -0.3 is 14.4 Å². The van der Waals surface area contributed by atoms with Crippen molar-refractivity contribution in [1.82, 2.24) is 4.90 Å². The fourth-order valence-corrected chi connectivity index (χ4v) is 2.31. The molecule has 19 heavy (non-hydrogen) atoms. The van der Waals surface area contributed by atoms with Crippen LogP contribution >= 0.6 is 15.9 Å². The smallest absolute Gasteiger partial charge is 0.410 e. The Morgan fingerprint density at radius 2 is 2.00 bits per heavy atom. The van der Waals surface area contributed by atoms with Crippen molar-refractivity contribution in [3.63, 3.8) is 0 Å². The standard InChI is InChI=1S/C14H26BrNO3/c1-13(2,3)19-12(17)16-6-7-18-9-11(16)8-14(4,5)10-15/h11H,6-10H2,1-5H3. The van der Waals surface area contributed by atoms with Gasteiger partial charge in [-0.3, -0.25) is 0 Å². The zero-order valence-corrected chi connectivity index (χ0v) is 14.2. The minimum absolute atomic E-state index is 0.0937. The second-order valence-electron chi connectivity index (χ2n) is 6.90. The first-order valence-corrected chi connectivity index (χ1v) is 7.90. The maximum atomic E-state index is 12.2. The highest BCUT2D eigenvalue weighted by molar-refractivity contribution is 9.09. The number of ether oxygens (including phenoxy) is 2. The van der Waals surface area contributed by atoms with Gasteiger partial charge in [0.15, 0.2) is 0 Å². The van der Waals surface area contributed by atoms with Crippen LogP contribution in [0.15, 0.2) is 0 Å². The molecule has 0 aromatic rings. The molecule has 112 valence electrons. The van der Waals surface area contributed by atoms with E-state index in [0.717, 1.165) is 11.8 Å². The van der Waals surface area contributed by atoms with E-state index in [-0.39, 0.29) is 17.6 Å². The summed E-state index contributed by atoms with van der Waals surface area (Å²) in [5.41, 5.74) is -0.323. The summed E-state index contributed by atoms with van der Waals surface area (Å²) in [6, 6.07) is 0.0937. The van der Waals surface area contributed by atoms with Crippen molar-refractivity contribution < 1.29 is 14.3 Å². The minimum Gasteiger partial charge on any atom is -0.444 e. The summed E-state index contributed by atoms with van der Waals surface area (Å²) in [6.07, 6.45) is 0.670. The Kier molecular flexibility index (Phi) is 5.68. The van der Waals surface area contributed by atoms with Crippen LogP contribution in [0.3, 0.4) is 0 Å². The third-order valence-electron chi connectivity index (χ3n) is 3.01. The summed E-state index contributed by atoms with van der Waals surface area (Å²) in [6.45, 7) is 11.8. The van der Waals surface area contributed by atoms with Gasteiger partial charge >= 0.3 is 6.09 Å². The van der Waals surface area contributed by atoms with Gasteiger partial charge in [-0.15, -0.1) is 0 Å². The van der Waals surface area contributed by atoms with Gasteiger partial charge in [-0.25, -0.2) is 4.79 Å². The quantitative estimate of drug-likeness (QED) is 0.741. The van der Waals surface area contributed by atoms with E-state index in [1.165, 1.54) is 0 Å². The molecule has 1 amide bonds. The molecule has 1 unspecified atom stereocenters. The maximum absolute atomic E-state index is 12.2. The predicted molar refractivity (Wildman–Crippen MR) is 79.7 cm³/mol. The molecule has 0 bridgehead atoms. The first-order valence-electron chi connectivity index (χ1n) is 6.78. The Labute approximate surface area is 124 Å². The highest BCUT2D eigenvalue weighted by Gasteiger charge is 2.34. The van der Waals surface area contributed by atoms with E-state index in [9.17, 15) is 4.79 Å². The van der Waals surface area contributed by atoms with Crippen molar-refractivity contribution in [1.29, 1.82) is 0 Å². The van der Waals surface area contributed by atoms with Crippen molar-refractivity contribution >= 4 is 22.0 Å². The average molecular weight is 336 g/mol. The zero-order chi connectivity index (χ0) is 14.7. The van der Waals surface area contributed by atoms with Crippen LogP contribution in [0.4, 0.5) is 4.79 Å². The third-order valence-corrected chi connectivity index (χ3v) is 4.52. The summed E-state index contributed by atoms with van der Waals surface area (Å²) in [5.74, 6) is 0. The van der Waals surface area contributed by atoms with Crippen molar-refractivity contribution in [3.8, 4) is 0 Å². The highest BCUT2D eigenvalue weighted by atomic mass is 79.9. The highest BCUT2D eigenvalue weighted by Crippen LogP contribution is 2.28. The Bertz CT molecular complexity index is 312. The van der Waals surface area contributed by atoms with Crippen LogP contribution in [0.1, 0.15) is 41.0 Å². The largest absolute Gasteiger partial charge is 0.444 e. The van der Waals surface area contributed by atoms with E-state index in [4.69, 9.17) is 9.47 Å². The molecule has 1 aliphatic heterocycles. The molecule has 0 spiro atoms. The summed E-state index contributed by atoms with van der Waals surface area (Å²) in [5, 5.41) is 0.901. The molecule has 0 saturated carbocycles. The van der Waals surface area contributed by atoms with Gasteiger partial charge in [-0.2, -0.15) is 0 Å². The number of morpholine rings is 1. The van der Waals surface area contributed by atoms with E-state index >= 15 is 0 Å². The van der Waals surface area contributed by atoms with E-state index in [2.05, 4.69) is 29.8 Å². The lowest BCUT2D eigenvalue weighted by Gasteiger charge is -2.39. The number of amides is 1. The van der Waals surface area contributed by atoms with Crippen molar-refractivity contribution in [2.75, 3.05) is 25.1 Å². The molecule has 0 aliphatic carbocycles. The van der Waals surface area contributed by atoms with Crippen LogP contribution in [0, 0.1) is 5.41 Å². The number of rotatable bonds is 3. The second-order valence-corrected chi connectivity index (χ2v) is 7.47. The van der Waals surface area contributed by atoms with E-state index in [0.29, 0.717) is 19.8 Å². The number of alkyl halides is 1. The van der Waals surface area contributed by atoms with Gasteiger partial charge in [0.1, 0.15) is 5.60 Å². The van der Waals surface area contributed by atoms with Crippen LogP contribution in [0.2, 0.25) is 0 Å². The summed E-state index contributed by atoms with van der Waals surface area (Å²) < 4.78 is 11.0.